The summed E-state index contributed by atoms with van der Waals surface area (Å²) in [5, 5.41) is 9.14. The van der Waals surface area contributed by atoms with Gasteiger partial charge >= 0.3 is 6.09 Å². The summed E-state index contributed by atoms with van der Waals surface area (Å²) < 4.78 is 6.07. The lowest BCUT2D eigenvalue weighted by Crippen LogP contribution is -2.49. The van der Waals surface area contributed by atoms with Crippen LogP contribution in [0.5, 0.6) is 0 Å². The molecule has 2 saturated heterocycles. The molecule has 3 amide bonds. The normalized spacial score (nSPS) is 34.5. The van der Waals surface area contributed by atoms with E-state index in [0.717, 1.165) is 19.3 Å². The highest BCUT2D eigenvalue weighted by molar-refractivity contribution is 6.22. The Labute approximate surface area is 200 Å². The van der Waals surface area contributed by atoms with E-state index in [0.29, 0.717) is 42.0 Å². The summed E-state index contributed by atoms with van der Waals surface area (Å²) >= 11 is 0. The van der Waals surface area contributed by atoms with E-state index in [1.54, 1.807) is 17.9 Å². The average Bonchev–Trinajstić information content (AvgIpc) is 3.45. The smallest absolute Gasteiger partial charge is 0.410 e. The number of fused-ring (bicyclic) bond motifs is 5. The molecule has 5 rings (SSSR count). The summed E-state index contributed by atoms with van der Waals surface area (Å²) in [7, 11) is 0. The molecule has 1 aromatic rings. The number of ether oxygens (including phenoxy) is 1. The van der Waals surface area contributed by atoms with E-state index in [2.05, 4.69) is 25.8 Å². The van der Waals surface area contributed by atoms with E-state index < -0.39 is 11.8 Å². The molecule has 3 heterocycles. The second-order valence-corrected chi connectivity index (χ2v) is 11.0. The largest absolute Gasteiger partial charge is 0.446 e. The minimum atomic E-state index is -0.541. The van der Waals surface area contributed by atoms with Crippen LogP contribution in [-0.4, -0.2) is 46.5 Å². The number of carbonyl (C=O) groups excluding carboxylic acids is 3. The van der Waals surface area contributed by atoms with Crippen molar-refractivity contribution < 1.29 is 19.1 Å². The predicted octanol–water partition coefficient (Wildman–Crippen LogP) is 3.67. The van der Waals surface area contributed by atoms with Crippen LogP contribution in [0.25, 0.3) is 0 Å². The van der Waals surface area contributed by atoms with Crippen molar-refractivity contribution in [3.8, 4) is 6.07 Å². The second kappa shape index (κ2) is 8.37. The zero-order valence-corrected chi connectivity index (χ0v) is 20.2. The Bertz CT molecular complexity index is 1080. The third kappa shape index (κ3) is 3.48. The number of imide groups is 1. The first kappa shape index (κ1) is 22.8. The number of rotatable bonds is 3. The molecule has 34 heavy (non-hydrogen) atoms. The fraction of sp³-hybridized carbons (Fsp3) is 0.654. The second-order valence-electron chi connectivity index (χ2n) is 11.0. The maximum Gasteiger partial charge on any atom is 0.410 e. The molecule has 2 aliphatic carbocycles. The lowest BCUT2D eigenvalue weighted by molar-refractivity contribution is -0.123. The van der Waals surface area contributed by atoms with Gasteiger partial charge in [0, 0.05) is 12.6 Å². The Morgan fingerprint density at radius 1 is 1.21 bits per heavy atom. The highest BCUT2D eigenvalue weighted by atomic mass is 16.6. The van der Waals surface area contributed by atoms with Gasteiger partial charge in [-0.3, -0.25) is 9.59 Å². The summed E-state index contributed by atoms with van der Waals surface area (Å²) in [6.45, 7) is 8.76. The summed E-state index contributed by atoms with van der Waals surface area (Å²) in [5.74, 6) is -0.167. The van der Waals surface area contributed by atoms with Gasteiger partial charge in [-0.25, -0.2) is 14.7 Å². The third-order valence-electron chi connectivity index (χ3n) is 8.57. The van der Waals surface area contributed by atoms with Gasteiger partial charge in [0.15, 0.2) is 0 Å². The van der Waals surface area contributed by atoms with Crippen LogP contribution in [0.2, 0.25) is 0 Å². The molecule has 2 aliphatic heterocycles. The quantitative estimate of drug-likeness (QED) is 0.632. The number of hydrogen-bond donors (Lipinski definition) is 0. The summed E-state index contributed by atoms with van der Waals surface area (Å²) in [5.41, 5.74) is 1.28. The number of anilines is 1. The molecule has 8 heteroatoms. The molecule has 0 N–H and O–H groups in total. The monoisotopic (exact) mass is 464 g/mol. The van der Waals surface area contributed by atoms with Gasteiger partial charge in [0.1, 0.15) is 17.9 Å². The number of aryl methyl sites for hydroxylation is 1. The van der Waals surface area contributed by atoms with Crippen molar-refractivity contribution in [2.45, 2.75) is 65.5 Å². The summed E-state index contributed by atoms with van der Waals surface area (Å²) in [6.07, 6.45) is 4.72. The van der Waals surface area contributed by atoms with Gasteiger partial charge in [0.05, 0.1) is 23.7 Å². The van der Waals surface area contributed by atoms with Crippen LogP contribution < -0.4 is 4.90 Å². The number of nitriles is 1. The Morgan fingerprint density at radius 2 is 1.94 bits per heavy atom. The van der Waals surface area contributed by atoms with Gasteiger partial charge < -0.3 is 9.64 Å². The molecule has 0 aromatic carbocycles. The maximum absolute atomic E-state index is 13.4. The van der Waals surface area contributed by atoms with Crippen LogP contribution in [0.3, 0.4) is 0 Å². The molecule has 0 spiro atoms. The Hall–Kier alpha value is -2.95. The topological polar surface area (TPSA) is 104 Å². The molecular weight excluding hydrogens is 432 g/mol. The van der Waals surface area contributed by atoms with Gasteiger partial charge in [0.25, 0.3) is 0 Å². The number of nitrogens with zero attached hydrogens (tertiary/aromatic N) is 4. The lowest BCUT2D eigenvalue weighted by Gasteiger charge is -2.39. The minimum absolute atomic E-state index is 0.0392. The van der Waals surface area contributed by atoms with Crippen molar-refractivity contribution in [2.24, 2.45) is 35.5 Å². The number of piperidine rings is 1. The molecule has 7 atom stereocenters. The SMILES string of the molecule is Cc1cc(N2C(=O)[C@@H]3[C@@H]4C[C@@H]([C@@H]3C2=O)N(C(=O)O[C@@H]2C[C@H](C)CC[C@H]2C(C)C)C4)cnc1C#N. The van der Waals surface area contributed by atoms with Crippen LogP contribution in [0.1, 0.15) is 57.7 Å². The summed E-state index contributed by atoms with van der Waals surface area (Å²) in [6, 6.07) is 3.36. The van der Waals surface area contributed by atoms with Gasteiger partial charge in [0.2, 0.25) is 11.8 Å². The third-order valence-corrected chi connectivity index (χ3v) is 8.57. The number of amides is 3. The zero-order chi connectivity index (χ0) is 24.3. The lowest BCUT2D eigenvalue weighted by atomic mass is 9.75. The summed E-state index contributed by atoms with van der Waals surface area (Å²) in [4.78, 5) is 47.0. The zero-order valence-electron chi connectivity index (χ0n) is 20.2. The average molecular weight is 465 g/mol. The van der Waals surface area contributed by atoms with Gasteiger partial charge in [-0.1, -0.05) is 27.2 Å². The number of pyridine rings is 1. The molecule has 2 saturated carbocycles. The molecule has 0 unspecified atom stereocenters. The van der Waals surface area contributed by atoms with E-state index >= 15 is 0 Å². The Kier molecular flexibility index (Phi) is 5.62. The van der Waals surface area contributed by atoms with Gasteiger partial charge in [-0.15, -0.1) is 0 Å². The first-order valence-corrected chi connectivity index (χ1v) is 12.4. The van der Waals surface area contributed by atoms with Crippen molar-refractivity contribution in [1.29, 1.82) is 5.26 Å². The standard InChI is InChI=1S/C26H32N4O4/c1-13(2)18-6-5-14(3)7-21(18)34-26(33)29-12-16-9-20(29)23-22(16)24(31)30(25(23)32)17-8-15(4)19(10-27)28-11-17/h8,11,13-14,16,18,20-23H,5-7,9,12H2,1-4H3/t14-,16-,18+,20+,21-,22-,23+/m1/s1. The molecule has 180 valence electrons. The van der Waals surface area contributed by atoms with Crippen molar-refractivity contribution in [1.82, 2.24) is 9.88 Å². The van der Waals surface area contributed by atoms with E-state index in [1.165, 1.54) is 11.1 Å². The predicted molar refractivity (Wildman–Crippen MR) is 123 cm³/mol. The first-order valence-electron chi connectivity index (χ1n) is 12.4. The van der Waals surface area contributed by atoms with E-state index in [4.69, 9.17) is 10.00 Å². The molecular formula is C26H32N4O4. The Morgan fingerprint density at radius 3 is 2.62 bits per heavy atom. The highest BCUT2D eigenvalue weighted by Gasteiger charge is 2.65. The fourth-order valence-electron chi connectivity index (χ4n) is 6.82. The number of likely N-dealkylation sites (tertiary alicyclic amines) is 1. The highest BCUT2D eigenvalue weighted by Crippen LogP contribution is 2.52. The van der Waals surface area contributed by atoms with Crippen LogP contribution in [0.4, 0.5) is 10.5 Å². The van der Waals surface area contributed by atoms with Crippen molar-refractivity contribution >= 4 is 23.6 Å². The van der Waals surface area contributed by atoms with Crippen molar-refractivity contribution in [3.63, 3.8) is 0 Å². The number of aromatic nitrogens is 1. The van der Waals surface area contributed by atoms with Crippen LogP contribution in [0.15, 0.2) is 12.3 Å². The molecule has 8 nitrogen and oxygen atoms in total. The van der Waals surface area contributed by atoms with Gasteiger partial charge in [-0.2, -0.15) is 5.26 Å². The van der Waals surface area contributed by atoms with E-state index in [-0.39, 0.29) is 41.7 Å². The molecule has 0 radical (unpaired) electrons. The van der Waals surface area contributed by atoms with E-state index in [9.17, 15) is 14.4 Å². The number of carbonyl (C=O) groups is 3. The van der Waals surface area contributed by atoms with Crippen molar-refractivity contribution in [3.05, 3.63) is 23.5 Å². The molecule has 2 bridgehead atoms. The van der Waals surface area contributed by atoms with E-state index in [1.807, 2.05) is 6.07 Å². The molecule has 4 aliphatic rings. The van der Waals surface area contributed by atoms with Gasteiger partial charge in [-0.05, 0) is 61.5 Å². The van der Waals surface area contributed by atoms with Crippen LogP contribution in [-0.2, 0) is 14.3 Å². The molecule has 4 fully saturated rings. The maximum atomic E-state index is 13.4. The first-order chi connectivity index (χ1) is 16.2. The minimum Gasteiger partial charge on any atom is -0.446 e. The number of hydrogen-bond acceptors (Lipinski definition) is 6. The fourth-order valence-corrected chi connectivity index (χ4v) is 6.82. The van der Waals surface area contributed by atoms with Crippen molar-refractivity contribution in [2.75, 3.05) is 11.4 Å². The molecule has 1 aromatic heterocycles. The Balaban J connectivity index is 1.34. The van der Waals surface area contributed by atoms with Crippen LogP contribution in [0, 0.1) is 53.8 Å². The van der Waals surface area contributed by atoms with Crippen LogP contribution >= 0.6 is 0 Å².